The largest absolute Gasteiger partial charge is 0.461 e. The summed E-state index contributed by atoms with van der Waals surface area (Å²) >= 11 is 0. The van der Waals surface area contributed by atoms with Gasteiger partial charge in [0.05, 0.1) is 35.3 Å². The molecule has 0 aliphatic carbocycles. The van der Waals surface area contributed by atoms with Crippen LogP contribution in [0.4, 0.5) is 24.2 Å². The van der Waals surface area contributed by atoms with Gasteiger partial charge in [-0.05, 0) is 99.7 Å². The SMILES string of the molecule is C[C@@]12CCCN(C1)c1nc(OC[C@@]34CCCN3C[C@H](F)C4)nc3c(F)c(ncc13)-c1cc(OC(=O)N3CCC4(CCO4)CC3)cc3cccc(c13)CCCOC(=O)N2. The molecule has 2 amide bonds. The van der Waals surface area contributed by atoms with Crippen LogP contribution < -0.4 is 19.7 Å². The monoisotopic (exact) mass is 797 g/mol. The van der Waals surface area contributed by atoms with Gasteiger partial charge >= 0.3 is 18.2 Å². The summed E-state index contributed by atoms with van der Waals surface area (Å²) in [6.07, 6.45) is 6.81. The molecule has 2 aromatic heterocycles. The number of fused-ring (bicyclic) bond motifs is 7. The maximum atomic E-state index is 17.6. The van der Waals surface area contributed by atoms with E-state index in [2.05, 4.69) is 10.2 Å². The van der Waals surface area contributed by atoms with Gasteiger partial charge in [0.15, 0.2) is 5.82 Å². The molecule has 11 rings (SSSR count). The Bertz CT molecular complexity index is 2280. The number of ether oxygens (including phenoxy) is 4. The average molecular weight is 798 g/mol. The number of nitrogens with zero attached hydrogens (tertiary/aromatic N) is 6. The first-order valence-electron chi connectivity index (χ1n) is 20.8. The quantitative estimate of drug-likeness (QED) is 0.236. The van der Waals surface area contributed by atoms with Crippen molar-refractivity contribution in [3.05, 3.63) is 47.9 Å². The minimum atomic E-state index is -0.937. The van der Waals surface area contributed by atoms with Gasteiger partial charge in [-0.25, -0.2) is 18.4 Å². The number of hydrogen-bond donors (Lipinski definition) is 1. The van der Waals surface area contributed by atoms with Crippen LogP contribution in [0.5, 0.6) is 11.8 Å². The molecule has 13 nitrogen and oxygen atoms in total. The van der Waals surface area contributed by atoms with Gasteiger partial charge in [0.25, 0.3) is 0 Å². The Morgan fingerprint density at radius 1 is 1.03 bits per heavy atom. The van der Waals surface area contributed by atoms with E-state index in [1.807, 2.05) is 30.0 Å². The summed E-state index contributed by atoms with van der Waals surface area (Å²) in [5.41, 5.74) is 0.150. The van der Waals surface area contributed by atoms with E-state index in [-0.39, 0.29) is 41.8 Å². The molecule has 7 aliphatic rings. The molecule has 0 radical (unpaired) electrons. The Morgan fingerprint density at radius 3 is 2.71 bits per heavy atom. The number of amides is 2. The van der Waals surface area contributed by atoms with Crippen LogP contribution in [-0.4, -0.2) is 119 Å². The number of pyridine rings is 1. The molecule has 5 fully saturated rings. The summed E-state index contributed by atoms with van der Waals surface area (Å²) in [6, 6.07) is 9.25. The molecule has 1 spiro atoms. The summed E-state index contributed by atoms with van der Waals surface area (Å²) in [7, 11) is 0. The molecule has 15 heteroatoms. The molecule has 58 heavy (non-hydrogen) atoms. The van der Waals surface area contributed by atoms with Gasteiger partial charge in [0.2, 0.25) is 0 Å². The first-order chi connectivity index (χ1) is 28.1. The lowest BCUT2D eigenvalue weighted by Gasteiger charge is -2.47. The average Bonchev–Trinajstić information content (AvgIpc) is 3.73. The van der Waals surface area contributed by atoms with Gasteiger partial charge in [-0.3, -0.25) is 9.88 Å². The molecular formula is C43H49F2N7O6. The van der Waals surface area contributed by atoms with Crippen LogP contribution >= 0.6 is 0 Å². The summed E-state index contributed by atoms with van der Waals surface area (Å²) in [5.74, 6) is 0.0290. The minimum absolute atomic E-state index is 0.0107. The van der Waals surface area contributed by atoms with Crippen molar-refractivity contribution in [1.82, 2.24) is 30.1 Å². The molecular weight excluding hydrogens is 749 g/mol. The number of alkyl halides is 1. The Labute approximate surface area is 335 Å². The Kier molecular flexibility index (Phi) is 9.30. The molecule has 2 aromatic carbocycles. The second-order valence-corrected chi connectivity index (χ2v) is 17.4. The Balaban J connectivity index is 1.08. The summed E-state index contributed by atoms with van der Waals surface area (Å²) in [6.45, 7) is 6.29. The van der Waals surface area contributed by atoms with Crippen molar-refractivity contribution in [1.29, 1.82) is 0 Å². The maximum absolute atomic E-state index is 17.6. The molecule has 0 saturated carbocycles. The van der Waals surface area contributed by atoms with Crippen LogP contribution in [0.2, 0.25) is 0 Å². The van der Waals surface area contributed by atoms with E-state index in [4.69, 9.17) is 33.9 Å². The third kappa shape index (κ3) is 6.73. The van der Waals surface area contributed by atoms with Crippen molar-refractivity contribution in [3.8, 4) is 23.0 Å². The highest BCUT2D eigenvalue weighted by Gasteiger charge is 2.49. The first-order valence-corrected chi connectivity index (χ1v) is 20.8. The number of aromatic nitrogens is 3. The zero-order valence-corrected chi connectivity index (χ0v) is 32.9. The number of piperidine rings is 2. The van der Waals surface area contributed by atoms with E-state index in [1.165, 1.54) is 0 Å². The van der Waals surface area contributed by atoms with Crippen LogP contribution in [-0.2, 0) is 15.9 Å². The predicted molar refractivity (Wildman–Crippen MR) is 212 cm³/mol. The van der Waals surface area contributed by atoms with Gasteiger partial charge in [0.1, 0.15) is 35.6 Å². The highest BCUT2D eigenvalue weighted by molar-refractivity contribution is 6.02. The zero-order chi connectivity index (χ0) is 39.6. The number of aryl methyl sites for hydroxylation is 1. The lowest BCUT2D eigenvalue weighted by atomic mass is 9.85. The number of rotatable bonds is 4. The number of carbonyl (C=O) groups is 2. The molecule has 0 unspecified atom stereocenters. The Hall–Kier alpha value is -4.89. The fourth-order valence-corrected chi connectivity index (χ4v) is 10.4. The van der Waals surface area contributed by atoms with E-state index in [9.17, 15) is 14.0 Å². The molecule has 9 heterocycles. The number of likely N-dealkylation sites (tertiary alicyclic amines) is 1. The van der Waals surface area contributed by atoms with E-state index >= 15 is 4.39 Å². The lowest BCUT2D eigenvalue weighted by molar-refractivity contribution is -0.169. The van der Waals surface area contributed by atoms with Gasteiger partial charge in [-0.15, -0.1) is 0 Å². The number of hydrogen-bond acceptors (Lipinski definition) is 11. The standard InChI is InChI=1S/C43H49F2N7O6/c1-41-9-4-14-51(25-41)37-32-23-46-35(34(45)36(32)47-38(48-37)56-26-42-10-5-15-52(42)24-29(44)22-42)31-21-30(58-40(54)50-16-11-43(12-17-50)13-19-57-43)20-28-7-2-6-27(33(28)31)8-3-18-55-39(53)49-41/h2,6-7,20-21,23,29H,3-5,8-19,22,24-26H2,1H3,(H,49,53)/t29-,41-,42+/m1/s1. The zero-order valence-electron chi connectivity index (χ0n) is 32.9. The van der Waals surface area contributed by atoms with E-state index in [0.717, 1.165) is 68.0 Å². The minimum Gasteiger partial charge on any atom is -0.461 e. The van der Waals surface area contributed by atoms with Crippen molar-refractivity contribution in [2.75, 3.05) is 64.0 Å². The third-order valence-electron chi connectivity index (χ3n) is 13.5. The number of benzene rings is 2. The van der Waals surface area contributed by atoms with Crippen LogP contribution in [0.1, 0.15) is 70.3 Å². The smallest absolute Gasteiger partial charge is 0.415 e. The topological polar surface area (TPSA) is 131 Å². The van der Waals surface area contributed by atoms with Gasteiger partial charge in [-0.1, -0.05) is 18.2 Å². The van der Waals surface area contributed by atoms with E-state index in [1.54, 1.807) is 23.2 Å². The Morgan fingerprint density at radius 2 is 1.88 bits per heavy atom. The van der Waals surface area contributed by atoms with Crippen molar-refractivity contribution in [2.45, 2.75) is 94.0 Å². The summed E-state index contributed by atoms with van der Waals surface area (Å²) in [4.78, 5) is 47.0. The third-order valence-corrected chi connectivity index (χ3v) is 13.5. The van der Waals surface area contributed by atoms with Crippen molar-refractivity contribution >= 4 is 39.7 Å². The number of alkyl carbamates (subject to hydrolysis) is 1. The van der Waals surface area contributed by atoms with Crippen LogP contribution in [0.3, 0.4) is 0 Å². The van der Waals surface area contributed by atoms with Gasteiger partial charge in [0, 0.05) is 50.9 Å². The van der Waals surface area contributed by atoms with Gasteiger partial charge in [-0.2, -0.15) is 9.97 Å². The van der Waals surface area contributed by atoms with E-state index in [0.29, 0.717) is 75.2 Å². The van der Waals surface area contributed by atoms with E-state index < -0.39 is 35.3 Å². The van der Waals surface area contributed by atoms with Crippen molar-refractivity contribution in [2.24, 2.45) is 0 Å². The molecule has 4 aromatic rings. The number of carbonyl (C=O) groups excluding carboxylic acids is 2. The molecule has 7 aliphatic heterocycles. The normalized spacial score (nSPS) is 27.0. The highest BCUT2D eigenvalue weighted by atomic mass is 19.1. The highest BCUT2D eigenvalue weighted by Crippen LogP contribution is 2.43. The number of nitrogens with one attached hydrogen (secondary N) is 1. The molecule has 1 N–H and O–H groups in total. The fourth-order valence-electron chi connectivity index (χ4n) is 10.4. The number of halogens is 2. The summed E-state index contributed by atoms with van der Waals surface area (Å²) < 4.78 is 56.3. The summed E-state index contributed by atoms with van der Waals surface area (Å²) in [5, 5.41) is 4.96. The maximum Gasteiger partial charge on any atom is 0.415 e. The molecule has 6 bridgehead atoms. The van der Waals surface area contributed by atoms with Crippen molar-refractivity contribution < 1.29 is 37.3 Å². The van der Waals surface area contributed by atoms with Crippen LogP contribution in [0.25, 0.3) is 32.9 Å². The fraction of sp³-hybridized carbons (Fsp3) is 0.558. The first kappa shape index (κ1) is 37.4. The molecule has 5 saturated heterocycles. The second kappa shape index (κ2) is 14.4. The van der Waals surface area contributed by atoms with Crippen LogP contribution in [0.15, 0.2) is 36.5 Å². The van der Waals surface area contributed by atoms with Gasteiger partial charge < -0.3 is 34.1 Å². The number of anilines is 1. The molecule has 306 valence electrons. The second-order valence-electron chi connectivity index (χ2n) is 17.4. The van der Waals surface area contributed by atoms with Crippen molar-refractivity contribution in [3.63, 3.8) is 0 Å². The predicted octanol–water partition coefficient (Wildman–Crippen LogP) is 6.72. The van der Waals surface area contributed by atoms with Crippen LogP contribution in [0, 0.1) is 5.82 Å². The lowest BCUT2D eigenvalue weighted by Crippen LogP contribution is -2.57. The molecule has 3 atom stereocenters.